The molecule has 0 spiro atoms. The molecule has 2 unspecified atom stereocenters. The van der Waals surface area contributed by atoms with Gasteiger partial charge in [-0.15, -0.1) is 0 Å². The van der Waals surface area contributed by atoms with Gasteiger partial charge in [0.15, 0.2) is 0 Å². The molecule has 0 aliphatic carbocycles. The van der Waals surface area contributed by atoms with E-state index in [0.717, 1.165) is 17.9 Å². The van der Waals surface area contributed by atoms with Gasteiger partial charge in [-0.25, -0.2) is 9.78 Å². The molecule has 1 aliphatic rings. The minimum absolute atomic E-state index is 0.145. The molecule has 0 N–H and O–H groups in total. The largest absolute Gasteiger partial charge is 0.497 e. The number of piperidine rings is 1. The molecule has 2 aromatic carbocycles. The van der Waals surface area contributed by atoms with E-state index in [4.69, 9.17) is 14.5 Å². The summed E-state index contributed by atoms with van der Waals surface area (Å²) in [5.74, 6) is 0.729. The van der Waals surface area contributed by atoms with Gasteiger partial charge in [-0.3, -0.25) is 9.69 Å². The number of benzene rings is 2. The predicted molar refractivity (Wildman–Crippen MR) is 104 cm³/mol. The van der Waals surface area contributed by atoms with Gasteiger partial charge in [-0.05, 0) is 30.2 Å². The maximum atomic E-state index is 13.0. The summed E-state index contributed by atoms with van der Waals surface area (Å²) in [5.41, 5.74) is 2.25. The number of likely N-dealkylation sites (tertiary alicyclic amines) is 1. The quantitative estimate of drug-likeness (QED) is 0.405. The molecule has 1 fully saturated rings. The average molecular weight is 369 g/mol. The van der Waals surface area contributed by atoms with Crippen molar-refractivity contribution in [3.05, 3.63) is 65.7 Å². The van der Waals surface area contributed by atoms with Gasteiger partial charge >= 0.3 is 0 Å². The fraction of sp³-hybridized carbons (Fsp3) is 0.409. The first-order valence-electron chi connectivity index (χ1n) is 9.39. The molecule has 0 aromatic heterocycles. The Labute approximate surface area is 160 Å². The lowest BCUT2D eigenvalue weighted by Crippen LogP contribution is -2.46. The first-order valence-corrected chi connectivity index (χ1v) is 9.39. The number of Topliss-reactive ketones (excluding diaryl/α,β-unsaturated/α-hetero) is 1. The molecule has 27 heavy (non-hydrogen) atoms. The number of ether oxygens (including phenoxy) is 1. The minimum atomic E-state index is -0.200. The van der Waals surface area contributed by atoms with Crippen LogP contribution in [0.1, 0.15) is 24.0 Å². The van der Waals surface area contributed by atoms with E-state index in [0.29, 0.717) is 19.7 Å². The number of rotatable bonds is 8. The van der Waals surface area contributed by atoms with Crippen LogP contribution >= 0.6 is 0 Å². The van der Waals surface area contributed by atoms with Crippen LogP contribution in [-0.2, 0) is 21.1 Å². The lowest BCUT2D eigenvalue weighted by molar-refractivity contribution is -0.297. The Morgan fingerprint density at radius 1 is 1.00 bits per heavy atom. The van der Waals surface area contributed by atoms with E-state index in [-0.39, 0.29) is 24.2 Å². The zero-order valence-electron chi connectivity index (χ0n) is 16.0. The normalized spacial score (nSPS) is 20.6. The van der Waals surface area contributed by atoms with Crippen molar-refractivity contribution in [3.63, 3.8) is 0 Å². The molecule has 0 saturated carbocycles. The standard InChI is InChI=1S/C22H27NO4/c1-3-26-27-16-19-14-23(13-17-9-11-20(25-2)12-10-17)15-21(22(19)24)18-7-5-4-6-8-18/h4-12,19,21H,3,13-16H2,1-2H3. The van der Waals surface area contributed by atoms with Crippen LogP contribution in [0.2, 0.25) is 0 Å². The molecule has 5 heteroatoms. The van der Waals surface area contributed by atoms with Crippen LogP contribution in [0.3, 0.4) is 0 Å². The lowest BCUT2D eigenvalue weighted by atomic mass is 9.83. The smallest absolute Gasteiger partial charge is 0.148 e. The van der Waals surface area contributed by atoms with E-state index in [2.05, 4.69) is 17.0 Å². The van der Waals surface area contributed by atoms with Crippen molar-refractivity contribution in [2.45, 2.75) is 19.4 Å². The van der Waals surface area contributed by atoms with Gasteiger partial charge in [0, 0.05) is 19.6 Å². The second-order valence-corrected chi connectivity index (χ2v) is 6.80. The number of hydrogen-bond donors (Lipinski definition) is 0. The third-order valence-electron chi connectivity index (χ3n) is 4.90. The van der Waals surface area contributed by atoms with E-state index in [1.54, 1.807) is 7.11 Å². The minimum Gasteiger partial charge on any atom is -0.497 e. The number of ketones is 1. The zero-order valence-corrected chi connectivity index (χ0v) is 16.0. The average Bonchev–Trinajstić information content (AvgIpc) is 2.71. The van der Waals surface area contributed by atoms with Crippen LogP contribution in [0, 0.1) is 5.92 Å². The van der Waals surface area contributed by atoms with Crippen molar-refractivity contribution >= 4 is 5.78 Å². The second-order valence-electron chi connectivity index (χ2n) is 6.80. The molecule has 144 valence electrons. The first kappa shape index (κ1) is 19.5. The highest BCUT2D eigenvalue weighted by atomic mass is 17.2. The van der Waals surface area contributed by atoms with Crippen LogP contribution in [-0.4, -0.2) is 44.1 Å². The molecule has 0 amide bonds. The molecule has 1 heterocycles. The molecular weight excluding hydrogens is 342 g/mol. The Morgan fingerprint density at radius 3 is 2.41 bits per heavy atom. The number of nitrogens with zero attached hydrogens (tertiary/aromatic N) is 1. The molecule has 5 nitrogen and oxygen atoms in total. The number of methoxy groups -OCH3 is 1. The fourth-order valence-corrected chi connectivity index (χ4v) is 3.53. The molecular formula is C22H27NO4. The van der Waals surface area contributed by atoms with Crippen molar-refractivity contribution in [2.24, 2.45) is 5.92 Å². The van der Waals surface area contributed by atoms with E-state index < -0.39 is 0 Å². The van der Waals surface area contributed by atoms with E-state index in [1.807, 2.05) is 49.4 Å². The van der Waals surface area contributed by atoms with Crippen LogP contribution in [0.15, 0.2) is 54.6 Å². The summed E-state index contributed by atoms with van der Waals surface area (Å²) in [4.78, 5) is 25.6. The maximum absolute atomic E-state index is 13.0. The molecule has 3 rings (SSSR count). The van der Waals surface area contributed by atoms with E-state index in [1.165, 1.54) is 5.56 Å². The van der Waals surface area contributed by atoms with Gasteiger partial charge < -0.3 is 4.74 Å². The van der Waals surface area contributed by atoms with Gasteiger partial charge in [0.2, 0.25) is 0 Å². The molecule has 0 radical (unpaired) electrons. The second kappa shape index (κ2) is 9.65. The summed E-state index contributed by atoms with van der Waals surface area (Å²) in [6, 6.07) is 18.1. The van der Waals surface area contributed by atoms with Gasteiger partial charge in [-0.1, -0.05) is 42.5 Å². The van der Waals surface area contributed by atoms with Crippen LogP contribution < -0.4 is 4.74 Å². The van der Waals surface area contributed by atoms with Crippen molar-refractivity contribution in [3.8, 4) is 5.75 Å². The monoisotopic (exact) mass is 369 g/mol. The van der Waals surface area contributed by atoms with E-state index in [9.17, 15) is 4.79 Å². The fourth-order valence-electron chi connectivity index (χ4n) is 3.53. The SMILES string of the molecule is CCOOCC1CN(Cc2ccc(OC)cc2)CC(c2ccccc2)C1=O. The Morgan fingerprint density at radius 2 is 1.74 bits per heavy atom. The summed E-state index contributed by atoms with van der Waals surface area (Å²) < 4.78 is 5.23. The highest BCUT2D eigenvalue weighted by Crippen LogP contribution is 2.28. The highest BCUT2D eigenvalue weighted by Gasteiger charge is 2.36. The maximum Gasteiger partial charge on any atom is 0.148 e. The van der Waals surface area contributed by atoms with Gasteiger partial charge in [0.1, 0.15) is 11.5 Å². The molecule has 0 bridgehead atoms. The molecule has 2 atom stereocenters. The third kappa shape index (κ3) is 5.16. The van der Waals surface area contributed by atoms with Crippen LogP contribution in [0.25, 0.3) is 0 Å². The first-order chi connectivity index (χ1) is 13.2. The number of carbonyl (C=O) groups excluding carboxylic acids is 1. The summed E-state index contributed by atoms with van der Waals surface area (Å²) in [5, 5.41) is 0. The van der Waals surface area contributed by atoms with Crippen molar-refractivity contribution in [1.29, 1.82) is 0 Å². The third-order valence-corrected chi connectivity index (χ3v) is 4.90. The summed E-state index contributed by atoms with van der Waals surface area (Å²) >= 11 is 0. The Balaban J connectivity index is 1.75. The number of hydrogen-bond acceptors (Lipinski definition) is 5. The molecule has 1 aliphatic heterocycles. The summed E-state index contributed by atoms with van der Waals surface area (Å²) in [6.45, 7) is 4.78. The highest BCUT2D eigenvalue weighted by molar-refractivity contribution is 5.89. The topological polar surface area (TPSA) is 48.0 Å². The summed E-state index contributed by atoms with van der Waals surface area (Å²) in [7, 11) is 1.67. The van der Waals surface area contributed by atoms with Gasteiger partial charge in [0.25, 0.3) is 0 Å². The summed E-state index contributed by atoms with van der Waals surface area (Å²) in [6.07, 6.45) is 0. The Bertz CT molecular complexity index is 717. The molecule has 1 saturated heterocycles. The Hall–Kier alpha value is -2.21. The van der Waals surface area contributed by atoms with E-state index >= 15 is 0 Å². The van der Waals surface area contributed by atoms with Crippen molar-refractivity contribution < 1.29 is 19.3 Å². The van der Waals surface area contributed by atoms with Crippen molar-refractivity contribution in [2.75, 3.05) is 33.4 Å². The Kier molecular flexibility index (Phi) is 6.98. The number of carbonyl (C=O) groups is 1. The zero-order chi connectivity index (χ0) is 19.1. The molecule has 2 aromatic rings. The van der Waals surface area contributed by atoms with Gasteiger partial charge in [0.05, 0.1) is 32.2 Å². The lowest BCUT2D eigenvalue weighted by Gasteiger charge is -2.36. The van der Waals surface area contributed by atoms with Crippen LogP contribution in [0.5, 0.6) is 5.75 Å². The van der Waals surface area contributed by atoms with Crippen molar-refractivity contribution in [1.82, 2.24) is 4.90 Å². The van der Waals surface area contributed by atoms with Gasteiger partial charge in [-0.2, -0.15) is 0 Å². The predicted octanol–water partition coefficient (Wildman–Crippen LogP) is 3.45. The van der Waals surface area contributed by atoms with Crippen LogP contribution in [0.4, 0.5) is 0 Å².